The van der Waals surface area contributed by atoms with Crippen LogP contribution in [0.15, 0.2) is 6.07 Å². The number of aromatic carboxylic acids is 2. The molecule has 5 heteroatoms. The van der Waals surface area contributed by atoms with Gasteiger partial charge in [-0.25, -0.2) is 9.59 Å². The molecule has 2 N–H and O–H groups in total. The minimum absolute atomic E-state index is 0.0393. The molecule has 0 saturated carbocycles. The summed E-state index contributed by atoms with van der Waals surface area (Å²) in [7, 11) is 0. The van der Waals surface area contributed by atoms with E-state index < -0.39 is 11.9 Å². The molecule has 0 spiro atoms. The molecule has 0 aliphatic heterocycles. The van der Waals surface area contributed by atoms with Crippen LogP contribution in [0.4, 0.5) is 0 Å². The van der Waals surface area contributed by atoms with E-state index >= 15 is 0 Å². The van der Waals surface area contributed by atoms with E-state index in [1.807, 2.05) is 0 Å². The Bertz CT molecular complexity index is 427. The van der Waals surface area contributed by atoms with E-state index in [9.17, 15) is 9.59 Å². The molecule has 1 aromatic rings. The smallest absolute Gasteiger partial charge is 0.335 e. The Kier molecular flexibility index (Phi) is 3.70. The van der Waals surface area contributed by atoms with Gasteiger partial charge in [0, 0.05) is 5.33 Å². The van der Waals surface area contributed by atoms with Crippen molar-refractivity contribution in [3.8, 4) is 0 Å². The highest BCUT2D eigenvalue weighted by atomic mass is 79.9. The minimum atomic E-state index is -1.11. The first-order valence-electron chi connectivity index (χ1n) is 4.55. The van der Waals surface area contributed by atoms with Gasteiger partial charge in [-0.2, -0.15) is 0 Å². The van der Waals surface area contributed by atoms with Gasteiger partial charge in [-0.15, -0.1) is 0 Å². The third-order valence-corrected chi connectivity index (χ3v) is 3.16. The summed E-state index contributed by atoms with van der Waals surface area (Å²) in [5, 5.41) is 18.4. The maximum Gasteiger partial charge on any atom is 0.335 e. The van der Waals surface area contributed by atoms with Crippen molar-refractivity contribution < 1.29 is 19.8 Å². The molecule has 0 unspecified atom stereocenters. The number of rotatable bonds is 3. The summed E-state index contributed by atoms with van der Waals surface area (Å²) >= 11 is 3.24. The number of benzene rings is 1. The topological polar surface area (TPSA) is 74.6 Å². The first-order valence-corrected chi connectivity index (χ1v) is 5.68. The summed E-state index contributed by atoms with van der Waals surface area (Å²) in [4.78, 5) is 21.9. The van der Waals surface area contributed by atoms with E-state index in [0.29, 0.717) is 16.5 Å². The van der Waals surface area contributed by atoms with Gasteiger partial charge in [-0.3, -0.25) is 0 Å². The van der Waals surface area contributed by atoms with Crippen molar-refractivity contribution in [1.82, 2.24) is 0 Å². The highest BCUT2D eigenvalue weighted by molar-refractivity contribution is 9.08. The summed E-state index contributed by atoms with van der Waals surface area (Å²) in [5.74, 6) is -2.22. The molecule has 1 aromatic carbocycles. The first kappa shape index (κ1) is 12.7. The number of carboxylic acid groups (broad SMARTS) is 2. The molecule has 0 bridgehead atoms. The van der Waals surface area contributed by atoms with Crippen LogP contribution in [0.1, 0.15) is 37.4 Å². The van der Waals surface area contributed by atoms with Gasteiger partial charge in [-0.1, -0.05) is 15.9 Å². The van der Waals surface area contributed by atoms with Gasteiger partial charge in [0.2, 0.25) is 0 Å². The number of hydrogen-bond donors (Lipinski definition) is 2. The van der Waals surface area contributed by atoms with Crippen molar-refractivity contribution in [2.75, 3.05) is 0 Å². The fourth-order valence-electron chi connectivity index (χ4n) is 1.61. The average molecular weight is 287 g/mol. The van der Waals surface area contributed by atoms with E-state index in [4.69, 9.17) is 10.2 Å². The number of hydrogen-bond acceptors (Lipinski definition) is 2. The average Bonchev–Trinajstić information content (AvgIpc) is 2.17. The van der Waals surface area contributed by atoms with Gasteiger partial charge in [-0.05, 0) is 36.6 Å². The van der Waals surface area contributed by atoms with E-state index in [1.165, 1.54) is 6.07 Å². The number of halogens is 1. The lowest BCUT2D eigenvalue weighted by atomic mass is 9.94. The largest absolute Gasteiger partial charge is 0.478 e. The van der Waals surface area contributed by atoms with Crippen molar-refractivity contribution in [2.45, 2.75) is 19.2 Å². The molecule has 0 atom stereocenters. The lowest BCUT2D eigenvalue weighted by Gasteiger charge is -2.12. The van der Waals surface area contributed by atoms with Crippen LogP contribution in [0.3, 0.4) is 0 Å². The fourth-order valence-corrected chi connectivity index (χ4v) is 2.45. The number of carbonyl (C=O) groups is 2. The maximum absolute atomic E-state index is 11.0. The van der Waals surface area contributed by atoms with Crippen LogP contribution < -0.4 is 0 Å². The molecule has 4 nitrogen and oxygen atoms in total. The molecule has 0 aromatic heterocycles. The van der Waals surface area contributed by atoms with Gasteiger partial charge in [0.05, 0.1) is 11.1 Å². The zero-order chi connectivity index (χ0) is 12.5. The predicted octanol–water partition coefficient (Wildman–Crippen LogP) is 2.59. The number of carboxylic acids is 2. The summed E-state index contributed by atoms with van der Waals surface area (Å²) in [5.41, 5.74) is 2.01. The molecular formula is C11H11BrO4. The Balaban J connectivity index is 3.62. The molecule has 0 fully saturated rings. The van der Waals surface area contributed by atoms with Crippen LogP contribution >= 0.6 is 15.9 Å². The van der Waals surface area contributed by atoms with Crippen LogP contribution in [0.5, 0.6) is 0 Å². The summed E-state index contributed by atoms with van der Waals surface area (Å²) < 4.78 is 0. The Morgan fingerprint density at radius 1 is 1.12 bits per heavy atom. The normalized spacial score (nSPS) is 10.2. The van der Waals surface area contributed by atoms with Crippen LogP contribution in [0, 0.1) is 13.8 Å². The highest BCUT2D eigenvalue weighted by Crippen LogP contribution is 2.24. The molecule has 86 valence electrons. The van der Waals surface area contributed by atoms with E-state index in [2.05, 4.69) is 15.9 Å². The second-order valence-corrected chi connectivity index (χ2v) is 4.00. The molecule has 16 heavy (non-hydrogen) atoms. The second kappa shape index (κ2) is 4.65. The molecular weight excluding hydrogens is 276 g/mol. The van der Waals surface area contributed by atoms with Crippen molar-refractivity contribution in [3.05, 3.63) is 33.9 Å². The van der Waals surface area contributed by atoms with E-state index in [-0.39, 0.29) is 11.1 Å². The zero-order valence-corrected chi connectivity index (χ0v) is 10.5. The van der Waals surface area contributed by atoms with Crippen molar-refractivity contribution in [1.29, 1.82) is 0 Å². The lowest BCUT2D eigenvalue weighted by Crippen LogP contribution is -2.10. The van der Waals surface area contributed by atoms with Crippen LogP contribution in [-0.2, 0) is 5.33 Å². The Labute approximate surface area is 101 Å². The summed E-state index contributed by atoms with van der Waals surface area (Å²) in [6.07, 6.45) is 0. The molecule has 0 aliphatic carbocycles. The van der Waals surface area contributed by atoms with Crippen molar-refractivity contribution in [2.24, 2.45) is 0 Å². The standard InChI is InChI=1S/C11H11BrO4/c1-5-7(10(13)14)3-8(11(15)16)6(2)9(5)4-12/h3H,4H2,1-2H3,(H,13,14)(H,15,16). The minimum Gasteiger partial charge on any atom is -0.478 e. The Morgan fingerprint density at radius 2 is 1.50 bits per heavy atom. The molecule has 0 heterocycles. The maximum atomic E-state index is 11.0. The van der Waals surface area contributed by atoms with E-state index in [1.54, 1.807) is 13.8 Å². The Hall–Kier alpha value is -1.36. The quantitative estimate of drug-likeness (QED) is 0.838. The number of alkyl halides is 1. The summed E-state index contributed by atoms with van der Waals surface area (Å²) in [6.45, 7) is 3.36. The van der Waals surface area contributed by atoms with Gasteiger partial charge in [0.25, 0.3) is 0 Å². The zero-order valence-electron chi connectivity index (χ0n) is 8.87. The highest BCUT2D eigenvalue weighted by Gasteiger charge is 2.19. The monoisotopic (exact) mass is 286 g/mol. The van der Waals surface area contributed by atoms with Crippen LogP contribution in [0.2, 0.25) is 0 Å². The molecule has 0 saturated heterocycles. The van der Waals surface area contributed by atoms with Crippen molar-refractivity contribution in [3.63, 3.8) is 0 Å². The van der Waals surface area contributed by atoms with Crippen LogP contribution in [-0.4, -0.2) is 22.2 Å². The van der Waals surface area contributed by atoms with Crippen molar-refractivity contribution >= 4 is 27.9 Å². The van der Waals surface area contributed by atoms with Crippen LogP contribution in [0.25, 0.3) is 0 Å². The van der Waals surface area contributed by atoms with Gasteiger partial charge in [0.15, 0.2) is 0 Å². The van der Waals surface area contributed by atoms with Gasteiger partial charge < -0.3 is 10.2 Å². The Morgan fingerprint density at radius 3 is 1.75 bits per heavy atom. The SMILES string of the molecule is Cc1c(C(=O)O)cc(C(=O)O)c(C)c1CBr. The van der Waals surface area contributed by atoms with Gasteiger partial charge >= 0.3 is 11.9 Å². The molecule has 0 amide bonds. The fraction of sp³-hybridized carbons (Fsp3) is 0.273. The third kappa shape index (κ3) is 2.09. The van der Waals surface area contributed by atoms with Gasteiger partial charge in [0.1, 0.15) is 0 Å². The molecule has 1 rings (SSSR count). The first-order chi connectivity index (χ1) is 7.40. The predicted molar refractivity (Wildman–Crippen MR) is 62.5 cm³/mol. The van der Waals surface area contributed by atoms with E-state index in [0.717, 1.165) is 5.56 Å². The summed E-state index contributed by atoms with van der Waals surface area (Å²) in [6, 6.07) is 1.21. The third-order valence-electron chi connectivity index (χ3n) is 2.60. The lowest BCUT2D eigenvalue weighted by molar-refractivity contribution is 0.0695. The molecule has 0 aliphatic rings. The second-order valence-electron chi connectivity index (χ2n) is 3.44. The molecule has 0 radical (unpaired) electrons.